The summed E-state index contributed by atoms with van der Waals surface area (Å²) in [6.45, 7) is 0.786. The molecule has 1 rings (SSSR count). The lowest BCUT2D eigenvalue weighted by atomic mass is 10.1. The van der Waals surface area contributed by atoms with Gasteiger partial charge in [-0.2, -0.15) is 0 Å². The summed E-state index contributed by atoms with van der Waals surface area (Å²) in [4.78, 5) is 0. The minimum absolute atomic E-state index is 0.166. The third kappa shape index (κ3) is 2.17. The van der Waals surface area contributed by atoms with Gasteiger partial charge in [0.25, 0.3) is 5.92 Å². The zero-order chi connectivity index (χ0) is 9.35. The Bertz CT molecular complexity index is 273. The van der Waals surface area contributed by atoms with Gasteiger partial charge in [0.15, 0.2) is 0 Å². The Morgan fingerprint density at radius 1 is 1.33 bits per heavy atom. The van der Waals surface area contributed by atoms with Crippen LogP contribution in [-0.2, 0) is 5.92 Å². The van der Waals surface area contributed by atoms with E-state index in [2.05, 4.69) is 15.9 Å². The molecule has 0 bridgehead atoms. The van der Waals surface area contributed by atoms with Crippen LogP contribution in [-0.4, -0.2) is 5.11 Å². The molecular formula is C8H7BrF2O. The van der Waals surface area contributed by atoms with Crippen molar-refractivity contribution in [3.05, 3.63) is 28.2 Å². The molecule has 0 saturated heterocycles. The fourth-order valence-electron chi connectivity index (χ4n) is 0.828. The van der Waals surface area contributed by atoms with E-state index in [0.717, 1.165) is 13.0 Å². The fourth-order valence-corrected chi connectivity index (χ4v) is 1.31. The van der Waals surface area contributed by atoms with Crippen molar-refractivity contribution >= 4 is 15.9 Å². The van der Waals surface area contributed by atoms with Crippen molar-refractivity contribution in [3.63, 3.8) is 0 Å². The van der Waals surface area contributed by atoms with Gasteiger partial charge in [-0.1, -0.05) is 15.9 Å². The number of hydrogen-bond acceptors (Lipinski definition) is 1. The van der Waals surface area contributed by atoms with Crippen molar-refractivity contribution in [2.75, 3.05) is 0 Å². The summed E-state index contributed by atoms with van der Waals surface area (Å²) in [5.41, 5.74) is -0.200. The molecule has 0 saturated carbocycles. The quantitative estimate of drug-likeness (QED) is 0.794. The zero-order valence-electron chi connectivity index (χ0n) is 6.31. The SMILES string of the molecule is CC(F)(F)c1cc(O)cc(Br)c1. The first-order valence-electron chi connectivity index (χ1n) is 3.27. The molecule has 0 radical (unpaired) electrons. The molecule has 0 aliphatic rings. The normalized spacial score (nSPS) is 11.7. The molecule has 1 aromatic carbocycles. The molecule has 0 unspecified atom stereocenters. The summed E-state index contributed by atoms with van der Waals surface area (Å²) in [5.74, 6) is -3.08. The van der Waals surface area contributed by atoms with Crippen LogP contribution < -0.4 is 0 Å². The molecular weight excluding hydrogens is 230 g/mol. The first kappa shape index (κ1) is 9.45. The van der Waals surface area contributed by atoms with Gasteiger partial charge in [0.05, 0.1) is 0 Å². The maximum Gasteiger partial charge on any atom is 0.270 e. The van der Waals surface area contributed by atoms with Crippen LogP contribution in [0.5, 0.6) is 5.75 Å². The van der Waals surface area contributed by atoms with Crippen molar-refractivity contribution in [2.24, 2.45) is 0 Å². The number of phenols is 1. The second kappa shape index (κ2) is 3.01. The molecule has 0 aromatic heterocycles. The lowest BCUT2D eigenvalue weighted by molar-refractivity contribution is 0.0172. The first-order valence-corrected chi connectivity index (χ1v) is 4.07. The van der Waals surface area contributed by atoms with Crippen LogP contribution in [0.15, 0.2) is 22.7 Å². The highest BCUT2D eigenvalue weighted by atomic mass is 79.9. The molecule has 1 N–H and O–H groups in total. The van der Waals surface area contributed by atoms with Gasteiger partial charge in [0.1, 0.15) is 5.75 Å². The molecule has 4 heteroatoms. The summed E-state index contributed by atoms with van der Waals surface area (Å²) >= 11 is 3.01. The predicted molar refractivity (Wildman–Crippen MR) is 45.4 cm³/mol. The summed E-state index contributed by atoms with van der Waals surface area (Å²) in [6, 6.07) is 3.68. The molecule has 1 aromatic rings. The Morgan fingerprint density at radius 2 is 1.92 bits per heavy atom. The van der Waals surface area contributed by atoms with Gasteiger partial charge in [-0.3, -0.25) is 0 Å². The van der Waals surface area contributed by atoms with Crippen LogP contribution in [0.2, 0.25) is 0 Å². The lowest BCUT2D eigenvalue weighted by Crippen LogP contribution is -2.06. The third-order valence-electron chi connectivity index (χ3n) is 1.39. The number of phenolic OH excluding ortho intramolecular Hbond substituents is 1. The van der Waals surface area contributed by atoms with Crippen molar-refractivity contribution in [3.8, 4) is 5.75 Å². The van der Waals surface area contributed by atoms with Gasteiger partial charge < -0.3 is 5.11 Å². The number of benzene rings is 1. The van der Waals surface area contributed by atoms with E-state index in [9.17, 15) is 8.78 Å². The average molecular weight is 237 g/mol. The second-order valence-electron chi connectivity index (χ2n) is 2.59. The summed E-state index contributed by atoms with van der Waals surface area (Å²) < 4.78 is 25.8. The summed E-state index contributed by atoms with van der Waals surface area (Å²) in [6.07, 6.45) is 0. The van der Waals surface area contributed by atoms with E-state index in [4.69, 9.17) is 5.11 Å². The molecule has 0 spiro atoms. The molecule has 0 heterocycles. The van der Waals surface area contributed by atoms with Crippen LogP contribution in [0, 0.1) is 0 Å². The second-order valence-corrected chi connectivity index (χ2v) is 3.50. The Labute approximate surface area is 77.2 Å². The molecule has 0 fully saturated rings. The molecule has 0 amide bonds. The molecule has 0 atom stereocenters. The molecule has 12 heavy (non-hydrogen) atoms. The molecule has 0 aliphatic carbocycles. The largest absolute Gasteiger partial charge is 0.508 e. The number of halogens is 3. The molecule has 0 aliphatic heterocycles. The van der Waals surface area contributed by atoms with E-state index < -0.39 is 5.92 Å². The zero-order valence-corrected chi connectivity index (χ0v) is 7.90. The summed E-state index contributed by atoms with van der Waals surface area (Å²) in [7, 11) is 0. The van der Waals surface area contributed by atoms with E-state index in [1.54, 1.807) is 0 Å². The fraction of sp³-hybridized carbons (Fsp3) is 0.250. The highest BCUT2D eigenvalue weighted by Crippen LogP contribution is 2.31. The Kier molecular flexibility index (Phi) is 2.37. The lowest BCUT2D eigenvalue weighted by Gasteiger charge is -2.10. The van der Waals surface area contributed by atoms with E-state index in [1.807, 2.05) is 0 Å². The number of rotatable bonds is 1. The van der Waals surface area contributed by atoms with Crippen molar-refractivity contribution in [1.82, 2.24) is 0 Å². The van der Waals surface area contributed by atoms with Gasteiger partial charge in [-0.15, -0.1) is 0 Å². The Hall–Kier alpha value is -0.640. The smallest absolute Gasteiger partial charge is 0.270 e. The number of hydrogen-bond donors (Lipinski definition) is 1. The van der Waals surface area contributed by atoms with Crippen molar-refractivity contribution < 1.29 is 13.9 Å². The monoisotopic (exact) mass is 236 g/mol. The van der Waals surface area contributed by atoms with Crippen molar-refractivity contribution in [2.45, 2.75) is 12.8 Å². The minimum Gasteiger partial charge on any atom is -0.508 e. The van der Waals surface area contributed by atoms with Gasteiger partial charge in [0, 0.05) is 17.0 Å². The van der Waals surface area contributed by atoms with Gasteiger partial charge in [0.2, 0.25) is 0 Å². The van der Waals surface area contributed by atoms with Crippen LogP contribution in [0.25, 0.3) is 0 Å². The van der Waals surface area contributed by atoms with E-state index in [1.165, 1.54) is 12.1 Å². The highest BCUT2D eigenvalue weighted by Gasteiger charge is 2.24. The van der Waals surface area contributed by atoms with E-state index >= 15 is 0 Å². The number of alkyl halides is 2. The highest BCUT2D eigenvalue weighted by molar-refractivity contribution is 9.10. The Morgan fingerprint density at radius 3 is 2.33 bits per heavy atom. The van der Waals surface area contributed by atoms with E-state index in [0.29, 0.717) is 4.47 Å². The Balaban J connectivity index is 3.18. The maximum atomic E-state index is 12.7. The third-order valence-corrected chi connectivity index (χ3v) is 1.85. The topological polar surface area (TPSA) is 20.2 Å². The van der Waals surface area contributed by atoms with Gasteiger partial charge in [-0.05, 0) is 18.2 Å². The minimum atomic E-state index is -2.92. The molecule has 1 nitrogen and oxygen atoms in total. The van der Waals surface area contributed by atoms with Gasteiger partial charge >= 0.3 is 0 Å². The molecule has 66 valence electrons. The number of aromatic hydroxyl groups is 1. The van der Waals surface area contributed by atoms with E-state index in [-0.39, 0.29) is 11.3 Å². The van der Waals surface area contributed by atoms with Crippen LogP contribution in [0.4, 0.5) is 8.78 Å². The first-order chi connectivity index (χ1) is 5.39. The standard InChI is InChI=1S/C8H7BrF2O/c1-8(10,11)5-2-6(9)4-7(12)3-5/h2-4,12H,1H3. The van der Waals surface area contributed by atoms with Crippen molar-refractivity contribution in [1.29, 1.82) is 0 Å². The van der Waals surface area contributed by atoms with Crippen LogP contribution in [0.3, 0.4) is 0 Å². The van der Waals surface area contributed by atoms with Crippen LogP contribution >= 0.6 is 15.9 Å². The summed E-state index contributed by atoms with van der Waals surface area (Å²) in [5, 5.41) is 8.99. The average Bonchev–Trinajstić information content (AvgIpc) is 1.82. The maximum absolute atomic E-state index is 12.7. The van der Waals surface area contributed by atoms with Crippen LogP contribution in [0.1, 0.15) is 12.5 Å². The predicted octanol–water partition coefficient (Wildman–Crippen LogP) is 3.27. The van der Waals surface area contributed by atoms with Gasteiger partial charge in [-0.25, -0.2) is 8.78 Å².